The van der Waals surface area contributed by atoms with Crippen molar-refractivity contribution in [2.75, 3.05) is 26.3 Å². The Morgan fingerprint density at radius 1 is 1.25 bits per heavy atom. The minimum Gasteiger partial charge on any atom is -0.481 e. The van der Waals surface area contributed by atoms with Crippen molar-refractivity contribution in [2.24, 2.45) is 0 Å². The molecule has 1 fully saturated rings. The normalized spacial score (nSPS) is 17.4. The predicted molar refractivity (Wildman–Crippen MR) is 78.6 cm³/mol. The third-order valence-electron chi connectivity index (χ3n) is 3.03. The van der Waals surface area contributed by atoms with E-state index in [-0.39, 0.29) is 5.91 Å². The lowest BCUT2D eigenvalue weighted by atomic mass is 10.3. The van der Waals surface area contributed by atoms with Gasteiger partial charge in [-0.3, -0.25) is 4.79 Å². The number of carbonyl (C=O) groups is 1. The van der Waals surface area contributed by atoms with Crippen LogP contribution in [0.4, 0.5) is 0 Å². The van der Waals surface area contributed by atoms with E-state index in [2.05, 4.69) is 0 Å². The summed E-state index contributed by atoms with van der Waals surface area (Å²) in [6.07, 6.45) is 0.268. The van der Waals surface area contributed by atoms with E-state index in [4.69, 9.17) is 32.7 Å². The van der Waals surface area contributed by atoms with Crippen LogP contribution in [0.15, 0.2) is 18.2 Å². The number of carbonyl (C=O) groups excluding carboxylic acids is 1. The topological polar surface area (TPSA) is 38.8 Å². The van der Waals surface area contributed by atoms with Crippen LogP contribution in [0.25, 0.3) is 0 Å². The molecule has 1 saturated heterocycles. The van der Waals surface area contributed by atoms with E-state index in [0.717, 1.165) is 6.42 Å². The number of rotatable bonds is 3. The highest BCUT2D eigenvalue weighted by Gasteiger charge is 2.23. The van der Waals surface area contributed by atoms with E-state index in [0.29, 0.717) is 42.1 Å². The lowest BCUT2D eigenvalue weighted by Crippen LogP contribution is -2.41. The van der Waals surface area contributed by atoms with Crippen LogP contribution in [-0.4, -0.2) is 43.2 Å². The Bertz CT molecular complexity index is 453. The van der Waals surface area contributed by atoms with Crippen molar-refractivity contribution in [2.45, 2.75) is 19.4 Å². The number of hydrogen-bond acceptors (Lipinski definition) is 3. The first-order valence-corrected chi connectivity index (χ1v) is 7.31. The molecule has 0 radical (unpaired) electrons. The summed E-state index contributed by atoms with van der Waals surface area (Å²) in [6, 6.07) is 4.90. The lowest BCUT2D eigenvalue weighted by Gasteiger charge is -2.24. The monoisotopic (exact) mass is 317 g/mol. The van der Waals surface area contributed by atoms with Gasteiger partial charge in [-0.2, -0.15) is 0 Å². The molecule has 0 aromatic heterocycles. The molecule has 110 valence electrons. The summed E-state index contributed by atoms with van der Waals surface area (Å²) >= 11 is 11.8. The van der Waals surface area contributed by atoms with Crippen molar-refractivity contribution in [3.8, 4) is 5.75 Å². The maximum Gasteiger partial charge on any atom is 0.263 e. The van der Waals surface area contributed by atoms with Crippen molar-refractivity contribution < 1.29 is 14.3 Å². The minimum absolute atomic E-state index is 0.0494. The summed E-state index contributed by atoms with van der Waals surface area (Å²) in [5.41, 5.74) is 0. The Labute approximate surface area is 128 Å². The maximum atomic E-state index is 12.3. The first-order valence-electron chi connectivity index (χ1n) is 6.55. The molecule has 0 N–H and O–H groups in total. The fourth-order valence-corrected chi connectivity index (χ4v) is 2.58. The van der Waals surface area contributed by atoms with Gasteiger partial charge in [-0.1, -0.05) is 23.2 Å². The van der Waals surface area contributed by atoms with Crippen molar-refractivity contribution in [1.29, 1.82) is 0 Å². The zero-order valence-electron chi connectivity index (χ0n) is 11.3. The molecule has 1 unspecified atom stereocenters. The second kappa shape index (κ2) is 7.16. The van der Waals surface area contributed by atoms with Gasteiger partial charge in [0.15, 0.2) is 6.10 Å². The Kier molecular flexibility index (Phi) is 5.52. The zero-order chi connectivity index (χ0) is 14.5. The molecule has 0 saturated carbocycles. The van der Waals surface area contributed by atoms with Gasteiger partial charge in [0.1, 0.15) is 5.75 Å². The average Bonchev–Trinajstić information content (AvgIpc) is 2.65. The Balaban J connectivity index is 1.99. The van der Waals surface area contributed by atoms with Gasteiger partial charge in [0, 0.05) is 29.7 Å². The smallest absolute Gasteiger partial charge is 0.263 e. The molecular formula is C14H17Cl2NO3. The molecule has 0 aliphatic carbocycles. The quantitative estimate of drug-likeness (QED) is 0.860. The summed E-state index contributed by atoms with van der Waals surface area (Å²) in [5, 5.41) is 0.964. The average molecular weight is 318 g/mol. The summed E-state index contributed by atoms with van der Waals surface area (Å²) in [4.78, 5) is 14.1. The molecule has 1 aliphatic rings. The summed E-state index contributed by atoms with van der Waals surface area (Å²) in [7, 11) is 0. The van der Waals surface area contributed by atoms with Crippen LogP contribution in [0, 0.1) is 0 Å². The van der Waals surface area contributed by atoms with Gasteiger partial charge in [0.2, 0.25) is 0 Å². The molecular weight excluding hydrogens is 301 g/mol. The molecule has 1 aliphatic heterocycles. The number of amides is 1. The number of halogens is 2. The highest BCUT2D eigenvalue weighted by Crippen LogP contribution is 2.25. The third kappa shape index (κ3) is 4.27. The van der Waals surface area contributed by atoms with Gasteiger partial charge in [0.05, 0.1) is 6.61 Å². The maximum absolute atomic E-state index is 12.3. The zero-order valence-corrected chi connectivity index (χ0v) is 12.8. The predicted octanol–water partition coefficient (Wildman–Crippen LogP) is 3.01. The van der Waals surface area contributed by atoms with Crippen LogP contribution in [-0.2, 0) is 9.53 Å². The fraction of sp³-hybridized carbons (Fsp3) is 0.500. The number of benzene rings is 1. The van der Waals surface area contributed by atoms with E-state index in [1.807, 2.05) is 0 Å². The fourth-order valence-electron chi connectivity index (χ4n) is 2.07. The van der Waals surface area contributed by atoms with Crippen LogP contribution in [0.2, 0.25) is 10.0 Å². The van der Waals surface area contributed by atoms with Crippen LogP contribution in [0.3, 0.4) is 0 Å². The molecule has 6 heteroatoms. The number of nitrogens with zero attached hydrogens (tertiary/aromatic N) is 1. The van der Waals surface area contributed by atoms with Crippen molar-refractivity contribution in [1.82, 2.24) is 4.90 Å². The summed E-state index contributed by atoms with van der Waals surface area (Å²) in [6.45, 7) is 4.29. The van der Waals surface area contributed by atoms with Gasteiger partial charge in [0.25, 0.3) is 5.91 Å². The molecule has 0 bridgehead atoms. The van der Waals surface area contributed by atoms with Crippen LogP contribution in [0.1, 0.15) is 13.3 Å². The third-order valence-corrected chi connectivity index (χ3v) is 3.47. The van der Waals surface area contributed by atoms with Crippen molar-refractivity contribution >= 4 is 29.1 Å². The molecule has 0 spiro atoms. The van der Waals surface area contributed by atoms with Gasteiger partial charge in [-0.25, -0.2) is 0 Å². The van der Waals surface area contributed by atoms with E-state index in [1.54, 1.807) is 30.0 Å². The summed E-state index contributed by atoms with van der Waals surface area (Å²) < 4.78 is 11.0. The van der Waals surface area contributed by atoms with Crippen LogP contribution >= 0.6 is 23.2 Å². The van der Waals surface area contributed by atoms with Gasteiger partial charge >= 0.3 is 0 Å². The SMILES string of the molecule is CC(Oc1cc(Cl)cc(Cl)c1)C(=O)N1CCCOCC1. The van der Waals surface area contributed by atoms with E-state index >= 15 is 0 Å². The lowest BCUT2D eigenvalue weighted by molar-refractivity contribution is -0.138. The number of ether oxygens (including phenoxy) is 2. The standard InChI is InChI=1S/C14H17Cl2NO3/c1-10(14(18)17-3-2-5-19-6-4-17)20-13-8-11(15)7-12(16)9-13/h7-10H,2-6H2,1H3. The molecule has 1 aromatic carbocycles. The Morgan fingerprint density at radius 3 is 2.65 bits per heavy atom. The molecule has 1 aromatic rings. The Morgan fingerprint density at radius 2 is 1.95 bits per heavy atom. The van der Waals surface area contributed by atoms with Crippen LogP contribution < -0.4 is 4.74 Å². The van der Waals surface area contributed by atoms with E-state index < -0.39 is 6.10 Å². The Hall–Kier alpha value is -0.970. The largest absolute Gasteiger partial charge is 0.481 e. The van der Waals surface area contributed by atoms with Gasteiger partial charge in [-0.15, -0.1) is 0 Å². The van der Waals surface area contributed by atoms with E-state index in [1.165, 1.54) is 0 Å². The molecule has 1 heterocycles. The van der Waals surface area contributed by atoms with Crippen molar-refractivity contribution in [3.63, 3.8) is 0 Å². The highest BCUT2D eigenvalue weighted by molar-refractivity contribution is 6.34. The molecule has 4 nitrogen and oxygen atoms in total. The van der Waals surface area contributed by atoms with Crippen molar-refractivity contribution in [3.05, 3.63) is 28.2 Å². The van der Waals surface area contributed by atoms with E-state index in [9.17, 15) is 4.79 Å². The van der Waals surface area contributed by atoms with Gasteiger partial charge in [-0.05, 0) is 31.5 Å². The van der Waals surface area contributed by atoms with Crippen LogP contribution in [0.5, 0.6) is 5.75 Å². The van der Waals surface area contributed by atoms with Gasteiger partial charge < -0.3 is 14.4 Å². The molecule has 2 rings (SSSR count). The number of hydrogen-bond donors (Lipinski definition) is 0. The second-order valence-corrected chi connectivity index (χ2v) is 5.53. The summed E-state index contributed by atoms with van der Waals surface area (Å²) in [5.74, 6) is 0.445. The second-order valence-electron chi connectivity index (χ2n) is 4.66. The molecule has 1 atom stereocenters. The first-order chi connectivity index (χ1) is 9.56. The highest BCUT2D eigenvalue weighted by atomic mass is 35.5. The molecule has 1 amide bonds. The molecule has 20 heavy (non-hydrogen) atoms. The minimum atomic E-state index is -0.581. The first kappa shape index (κ1) is 15.4.